The molecule has 2 nitrogen and oxygen atoms in total. The second kappa shape index (κ2) is 6.20. The van der Waals surface area contributed by atoms with Crippen molar-refractivity contribution in [3.8, 4) is 0 Å². The molecule has 68 valence electrons. The molecule has 0 fully saturated rings. The van der Waals surface area contributed by atoms with Crippen LogP contribution in [0.5, 0.6) is 0 Å². The average molecular weight is 159 g/mol. The molecule has 0 aliphatic carbocycles. The van der Waals surface area contributed by atoms with E-state index in [9.17, 15) is 4.79 Å². The number of carbonyl (C=O) groups is 1. The Hall–Kier alpha value is -0.530. The third-order valence-corrected chi connectivity index (χ3v) is 0.908. The Morgan fingerprint density at radius 2 is 1.55 bits per heavy atom. The van der Waals surface area contributed by atoms with Crippen LogP contribution >= 0.6 is 0 Å². The van der Waals surface area contributed by atoms with E-state index in [1.54, 1.807) is 7.05 Å². The first-order valence-electron chi connectivity index (χ1n) is 4.12. The highest BCUT2D eigenvalue weighted by atomic mass is 16.2. The molecule has 0 bridgehead atoms. The first kappa shape index (κ1) is 13.1. The number of hydrogen-bond donors (Lipinski definition) is 1. The Labute approximate surface area is 70.4 Å². The van der Waals surface area contributed by atoms with E-state index >= 15 is 0 Å². The van der Waals surface area contributed by atoms with Gasteiger partial charge in [-0.15, -0.1) is 0 Å². The fourth-order valence-corrected chi connectivity index (χ4v) is 0.375. The maximum Gasteiger partial charge on any atom is 0.225 e. The normalized spacial score (nSPS) is 9.64. The molecule has 2 heteroatoms. The largest absolute Gasteiger partial charge is 0.359 e. The molecular weight excluding hydrogens is 138 g/mol. The van der Waals surface area contributed by atoms with E-state index in [1.165, 1.54) is 6.42 Å². The summed E-state index contributed by atoms with van der Waals surface area (Å²) < 4.78 is 0. The smallest absolute Gasteiger partial charge is 0.225 e. The highest BCUT2D eigenvalue weighted by Crippen LogP contribution is 2.11. The monoisotopic (exact) mass is 159 g/mol. The summed E-state index contributed by atoms with van der Waals surface area (Å²) in [5, 5.41) is 2.57. The highest BCUT2D eigenvalue weighted by molar-refractivity contribution is 5.80. The zero-order valence-corrected chi connectivity index (χ0v) is 8.62. The maximum atomic E-state index is 10.7. The summed E-state index contributed by atoms with van der Waals surface area (Å²) >= 11 is 0. The number of carbonyl (C=O) groups excluding carboxylic acids is 1. The van der Waals surface area contributed by atoms with Crippen LogP contribution in [0.3, 0.4) is 0 Å². The summed E-state index contributed by atoms with van der Waals surface area (Å²) in [6.07, 6.45) is 1.25. The SMILES string of the molecule is CCC.CNC(=O)C(C)(C)C. The van der Waals surface area contributed by atoms with Crippen LogP contribution in [0.2, 0.25) is 0 Å². The van der Waals surface area contributed by atoms with Gasteiger partial charge in [-0.05, 0) is 0 Å². The minimum absolute atomic E-state index is 0.0810. The van der Waals surface area contributed by atoms with Gasteiger partial charge in [0.2, 0.25) is 5.91 Å². The van der Waals surface area contributed by atoms with Crippen molar-refractivity contribution in [2.45, 2.75) is 41.0 Å². The lowest BCUT2D eigenvalue weighted by molar-refractivity contribution is -0.127. The van der Waals surface area contributed by atoms with E-state index in [-0.39, 0.29) is 11.3 Å². The van der Waals surface area contributed by atoms with Gasteiger partial charge in [0, 0.05) is 12.5 Å². The maximum absolute atomic E-state index is 10.7. The van der Waals surface area contributed by atoms with Crippen LogP contribution in [-0.2, 0) is 4.79 Å². The van der Waals surface area contributed by atoms with Gasteiger partial charge in [0.1, 0.15) is 0 Å². The molecule has 0 spiro atoms. The number of nitrogens with one attached hydrogen (secondary N) is 1. The predicted octanol–water partition coefficient (Wildman–Crippen LogP) is 2.19. The van der Waals surface area contributed by atoms with Crippen LogP contribution in [0.15, 0.2) is 0 Å². The summed E-state index contributed by atoms with van der Waals surface area (Å²) in [5.41, 5.74) is -0.241. The fourth-order valence-electron chi connectivity index (χ4n) is 0.375. The molecule has 0 radical (unpaired) electrons. The molecule has 0 saturated carbocycles. The molecular formula is C9H21NO. The lowest BCUT2D eigenvalue weighted by Crippen LogP contribution is -2.31. The minimum atomic E-state index is -0.241. The van der Waals surface area contributed by atoms with Crippen molar-refractivity contribution in [1.29, 1.82) is 0 Å². The summed E-state index contributed by atoms with van der Waals surface area (Å²) in [6, 6.07) is 0. The summed E-state index contributed by atoms with van der Waals surface area (Å²) in [6.45, 7) is 9.89. The van der Waals surface area contributed by atoms with E-state index in [0.717, 1.165) is 0 Å². The van der Waals surface area contributed by atoms with Gasteiger partial charge in [0.05, 0.1) is 0 Å². The Morgan fingerprint density at radius 1 is 1.27 bits per heavy atom. The van der Waals surface area contributed by atoms with Crippen LogP contribution in [0.1, 0.15) is 41.0 Å². The average Bonchev–Trinajstić information content (AvgIpc) is 1.86. The number of hydrogen-bond acceptors (Lipinski definition) is 1. The van der Waals surface area contributed by atoms with Crippen LogP contribution in [-0.4, -0.2) is 13.0 Å². The van der Waals surface area contributed by atoms with Gasteiger partial charge in [-0.1, -0.05) is 41.0 Å². The molecule has 11 heavy (non-hydrogen) atoms. The van der Waals surface area contributed by atoms with Gasteiger partial charge >= 0.3 is 0 Å². The van der Waals surface area contributed by atoms with E-state index in [1.807, 2.05) is 20.8 Å². The highest BCUT2D eigenvalue weighted by Gasteiger charge is 2.18. The van der Waals surface area contributed by atoms with E-state index in [2.05, 4.69) is 19.2 Å². The van der Waals surface area contributed by atoms with E-state index in [0.29, 0.717) is 0 Å². The molecule has 0 aliphatic rings. The first-order chi connectivity index (χ1) is 4.90. The molecule has 0 heterocycles. The van der Waals surface area contributed by atoms with Crippen LogP contribution in [0.4, 0.5) is 0 Å². The van der Waals surface area contributed by atoms with Gasteiger partial charge in [-0.2, -0.15) is 0 Å². The molecule has 0 aliphatic heterocycles. The zero-order valence-electron chi connectivity index (χ0n) is 8.62. The Kier molecular flexibility index (Phi) is 7.37. The van der Waals surface area contributed by atoms with Crippen molar-refractivity contribution in [2.24, 2.45) is 5.41 Å². The molecule has 1 amide bonds. The fraction of sp³-hybridized carbons (Fsp3) is 0.889. The number of rotatable bonds is 0. The molecule has 0 aromatic heterocycles. The Balaban J connectivity index is 0. The van der Waals surface area contributed by atoms with Crippen molar-refractivity contribution in [3.63, 3.8) is 0 Å². The summed E-state index contributed by atoms with van der Waals surface area (Å²) in [4.78, 5) is 10.7. The van der Waals surface area contributed by atoms with E-state index < -0.39 is 0 Å². The molecule has 0 unspecified atom stereocenters. The van der Waals surface area contributed by atoms with Crippen molar-refractivity contribution in [3.05, 3.63) is 0 Å². The van der Waals surface area contributed by atoms with Gasteiger partial charge in [-0.25, -0.2) is 0 Å². The van der Waals surface area contributed by atoms with Gasteiger partial charge in [-0.3, -0.25) is 4.79 Å². The molecule has 0 aromatic rings. The third-order valence-electron chi connectivity index (χ3n) is 0.908. The van der Waals surface area contributed by atoms with Crippen molar-refractivity contribution in [1.82, 2.24) is 5.32 Å². The Morgan fingerprint density at radius 3 is 1.55 bits per heavy atom. The van der Waals surface area contributed by atoms with Crippen LogP contribution < -0.4 is 5.32 Å². The molecule has 1 N–H and O–H groups in total. The Bertz CT molecular complexity index is 103. The second-order valence-corrected chi connectivity index (χ2v) is 3.54. The van der Waals surface area contributed by atoms with Gasteiger partial charge in [0.15, 0.2) is 0 Å². The second-order valence-electron chi connectivity index (χ2n) is 3.54. The standard InChI is InChI=1S/C6H13NO.C3H8/c1-6(2,3)5(8)7-4;1-3-2/h1-4H3,(H,7,8);3H2,1-2H3. The van der Waals surface area contributed by atoms with E-state index in [4.69, 9.17) is 0 Å². The van der Waals surface area contributed by atoms with Gasteiger partial charge in [0.25, 0.3) is 0 Å². The van der Waals surface area contributed by atoms with Crippen LogP contribution in [0, 0.1) is 5.41 Å². The first-order valence-corrected chi connectivity index (χ1v) is 4.12. The van der Waals surface area contributed by atoms with Gasteiger partial charge < -0.3 is 5.32 Å². The summed E-state index contributed by atoms with van der Waals surface area (Å²) in [5.74, 6) is 0.0810. The number of amides is 1. The summed E-state index contributed by atoms with van der Waals surface area (Å²) in [7, 11) is 1.65. The zero-order chi connectivity index (χ0) is 9.49. The molecule has 0 saturated heterocycles. The van der Waals surface area contributed by atoms with Crippen molar-refractivity contribution in [2.75, 3.05) is 7.05 Å². The quantitative estimate of drug-likeness (QED) is 0.577. The lowest BCUT2D eigenvalue weighted by atomic mass is 9.96. The molecule has 0 aromatic carbocycles. The third kappa shape index (κ3) is 9.47. The van der Waals surface area contributed by atoms with Crippen LogP contribution in [0.25, 0.3) is 0 Å². The lowest BCUT2D eigenvalue weighted by Gasteiger charge is -2.14. The topological polar surface area (TPSA) is 29.1 Å². The van der Waals surface area contributed by atoms with Crippen molar-refractivity contribution >= 4 is 5.91 Å². The predicted molar refractivity (Wildman–Crippen MR) is 49.5 cm³/mol. The molecule has 0 rings (SSSR count). The minimum Gasteiger partial charge on any atom is -0.359 e. The van der Waals surface area contributed by atoms with Crippen molar-refractivity contribution < 1.29 is 4.79 Å². The molecule has 0 atom stereocenters.